The first-order valence-electron chi connectivity index (χ1n) is 8.71. The Hall–Kier alpha value is -1.06. The molecule has 0 spiro atoms. The number of carbonyl (C=O) groups excluding carboxylic acids is 2. The maximum atomic E-state index is 12.1. The lowest BCUT2D eigenvalue weighted by Crippen LogP contribution is -2.24. The molecule has 0 saturated heterocycles. The van der Waals surface area contributed by atoms with E-state index in [0.29, 0.717) is 25.0 Å². The zero-order valence-corrected chi connectivity index (χ0v) is 14.2. The SMILES string of the molecule is CCOC(=O)[C@@H]1C[C@@]1(C)[C@@H]1CC[C@]2(C)[C@@H](C1)[C@@H]2C(=O)OCC. The summed E-state index contributed by atoms with van der Waals surface area (Å²) in [5, 5.41) is 0. The van der Waals surface area contributed by atoms with E-state index in [0.717, 1.165) is 25.7 Å². The molecule has 3 aliphatic rings. The van der Waals surface area contributed by atoms with Crippen molar-refractivity contribution in [1.29, 1.82) is 0 Å². The zero-order valence-electron chi connectivity index (χ0n) is 14.2. The second-order valence-corrected chi connectivity index (χ2v) is 7.83. The Morgan fingerprint density at radius 1 is 1.05 bits per heavy atom. The molecule has 3 rings (SSSR count). The quantitative estimate of drug-likeness (QED) is 0.732. The van der Waals surface area contributed by atoms with Gasteiger partial charge < -0.3 is 9.47 Å². The van der Waals surface area contributed by atoms with Crippen LogP contribution in [0.15, 0.2) is 0 Å². The zero-order chi connectivity index (χ0) is 16.1. The van der Waals surface area contributed by atoms with Crippen LogP contribution in [0.1, 0.15) is 53.4 Å². The molecule has 0 aliphatic heterocycles. The van der Waals surface area contributed by atoms with Crippen LogP contribution in [-0.4, -0.2) is 25.2 Å². The summed E-state index contributed by atoms with van der Waals surface area (Å²) >= 11 is 0. The first kappa shape index (κ1) is 15.8. The standard InChI is InChI=1S/C18H28O4/c1-5-21-15(19)13-10-18(13,4)11-7-8-17(3)12(9-11)14(17)16(20)22-6-2/h11-14H,5-10H2,1-4H3/t11-,12+,13+,14-,17-,18+/m1/s1. The van der Waals surface area contributed by atoms with Gasteiger partial charge in [-0.3, -0.25) is 9.59 Å². The third-order valence-corrected chi connectivity index (χ3v) is 6.74. The maximum Gasteiger partial charge on any atom is 0.309 e. The Balaban J connectivity index is 1.62. The molecule has 3 fully saturated rings. The van der Waals surface area contributed by atoms with Crippen molar-refractivity contribution < 1.29 is 19.1 Å². The Kier molecular flexibility index (Phi) is 3.77. The molecule has 4 heteroatoms. The predicted octanol–water partition coefficient (Wildman–Crippen LogP) is 3.19. The Morgan fingerprint density at radius 2 is 1.68 bits per heavy atom. The van der Waals surface area contributed by atoms with Crippen LogP contribution in [0.2, 0.25) is 0 Å². The highest BCUT2D eigenvalue weighted by molar-refractivity contribution is 5.78. The fourth-order valence-corrected chi connectivity index (χ4v) is 5.01. The number of esters is 2. The topological polar surface area (TPSA) is 52.6 Å². The molecular formula is C18H28O4. The van der Waals surface area contributed by atoms with E-state index in [2.05, 4.69) is 13.8 Å². The molecule has 0 aromatic heterocycles. The van der Waals surface area contributed by atoms with Crippen LogP contribution in [0.25, 0.3) is 0 Å². The number of fused-ring (bicyclic) bond motifs is 1. The van der Waals surface area contributed by atoms with Crippen molar-refractivity contribution in [3.05, 3.63) is 0 Å². The van der Waals surface area contributed by atoms with E-state index >= 15 is 0 Å². The number of rotatable bonds is 5. The Morgan fingerprint density at radius 3 is 2.32 bits per heavy atom. The molecule has 0 radical (unpaired) electrons. The second-order valence-electron chi connectivity index (χ2n) is 7.83. The summed E-state index contributed by atoms with van der Waals surface area (Å²) in [6, 6.07) is 0. The van der Waals surface area contributed by atoms with Crippen LogP contribution >= 0.6 is 0 Å². The molecule has 0 N–H and O–H groups in total. The molecule has 0 amide bonds. The average molecular weight is 308 g/mol. The highest BCUT2D eigenvalue weighted by Gasteiger charge is 2.70. The van der Waals surface area contributed by atoms with Crippen molar-refractivity contribution in [2.75, 3.05) is 13.2 Å². The van der Waals surface area contributed by atoms with Crippen LogP contribution < -0.4 is 0 Å². The van der Waals surface area contributed by atoms with Gasteiger partial charge in [-0.25, -0.2) is 0 Å². The van der Waals surface area contributed by atoms with Gasteiger partial charge in [-0.1, -0.05) is 13.8 Å². The molecule has 0 aromatic carbocycles. The molecule has 22 heavy (non-hydrogen) atoms. The van der Waals surface area contributed by atoms with E-state index in [4.69, 9.17) is 9.47 Å². The van der Waals surface area contributed by atoms with Gasteiger partial charge in [-0.05, 0) is 62.2 Å². The molecule has 0 bridgehead atoms. The van der Waals surface area contributed by atoms with Crippen molar-refractivity contribution in [2.45, 2.75) is 53.4 Å². The van der Waals surface area contributed by atoms with Gasteiger partial charge >= 0.3 is 11.9 Å². The lowest BCUT2D eigenvalue weighted by Gasteiger charge is -2.30. The third-order valence-electron chi connectivity index (χ3n) is 6.74. The largest absolute Gasteiger partial charge is 0.466 e. The summed E-state index contributed by atoms with van der Waals surface area (Å²) < 4.78 is 10.4. The summed E-state index contributed by atoms with van der Waals surface area (Å²) in [4.78, 5) is 24.1. The summed E-state index contributed by atoms with van der Waals surface area (Å²) in [5.41, 5.74) is 0.239. The molecular weight excluding hydrogens is 280 g/mol. The van der Waals surface area contributed by atoms with Crippen molar-refractivity contribution >= 4 is 11.9 Å². The Bertz CT molecular complexity index is 487. The summed E-state index contributed by atoms with van der Waals surface area (Å²) in [6.07, 6.45) is 4.21. The third kappa shape index (κ3) is 2.26. The van der Waals surface area contributed by atoms with E-state index in [-0.39, 0.29) is 34.6 Å². The first-order valence-corrected chi connectivity index (χ1v) is 8.71. The van der Waals surface area contributed by atoms with Crippen LogP contribution in [0.4, 0.5) is 0 Å². The lowest BCUT2D eigenvalue weighted by molar-refractivity contribution is -0.147. The highest BCUT2D eigenvalue weighted by atomic mass is 16.5. The smallest absolute Gasteiger partial charge is 0.309 e. The van der Waals surface area contributed by atoms with Gasteiger partial charge in [0.2, 0.25) is 0 Å². The van der Waals surface area contributed by atoms with Gasteiger partial charge in [-0.2, -0.15) is 0 Å². The van der Waals surface area contributed by atoms with Crippen LogP contribution in [0.5, 0.6) is 0 Å². The van der Waals surface area contributed by atoms with Gasteiger partial charge in [0.15, 0.2) is 0 Å². The van der Waals surface area contributed by atoms with Crippen molar-refractivity contribution in [3.63, 3.8) is 0 Å². The predicted molar refractivity (Wildman–Crippen MR) is 81.9 cm³/mol. The van der Waals surface area contributed by atoms with Gasteiger partial charge in [0.05, 0.1) is 25.0 Å². The van der Waals surface area contributed by atoms with Crippen LogP contribution in [-0.2, 0) is 19.1 Å². The molecule has 124 valence electrons. The van der Waals surface area contributed by atoms with Gasteiger partial charge in [-0.15, -0.1) is 0 Å². The number of hydrogen-bond donors (Lipinski definition) is 0. The molecule has 6 atom stereocenters. The van der Waals surface area contributed by atoms with Gasteiger partial charge in [0.25, 0.3) is 0 Å². The normalized spacial score (nSPS) is 45.6. The second kappa shape index (κ2) is 5.24. The molecule has 4 nitrogen and oxygen atoms in total. The highest BCUT2D eigenvalue weighted by Crippen LogP contribution is 2.72. The van der Waals surface area contributed by atoms with E-state index in [1.807, 2.05) is 13.8 Å². The van der Waals surface area contributed by atoms with Crippen LogP contribution in [0.3, 0.4) is 0 Å². The van der Waals surface area contributed by atoms with Gasteiger partial charge in [0.1, 0.15) is 0 Å². The molecule has 0 aromatic rings. The van der Waals surface area contributed by atoms with Crippen molar-refractivity contribution in [2.24, 2.45) is 34.5 Å². The number of carbonyl (C=O) groups is 2. The fourth-order valence-electron chi connectivity index (χ4n) is 5.01. The van der Waals surface area contributed by atoms with E-state index in [9.17, 15) is 9.59 Å². The van der Waals surface area contributed by atoms with E-state index in [1.54, 1.807) is 0 Å². The monoisotopic (exact) mass is 308 g/mol. The van der Waals surface area contributed by atoms with E-state index in [1.165, 1.54) is 0 Å². The summed E-state index contributed by atoms with van der Waals surface area (Å²) in [5.74, 6) is 1.10. The molecule has 3 aliphatic carbocycles. The maximum absolute atomic E-state index is 12.1. The molecule has 3 saturated carbocycles. The molecule has 0 unspecified atom stereocenters. The van der Waals surface area contributed by atoms with Crippen molar-refractivity contribution in [3.8, 4) is 0 Å². The fraction of sp³-hybridized carbons (Fsp3) is 0.889. The lowest BCUT2D eigenvalue weighted by atomic mass is 9.74. The van der Waals surface area contributed by atoms with Crippen LogP contribution in [0, 0.1) is 34.5 Å². The first-order chi connectivity index (χ1) is 10.4. The summed E-state index contributed by atoms with van der Waals surface area (Å²) in [6.45, 7) is 9.10. The summed E-state index contributed by atoms with van der Waals surface area (Å²) in [7, 11) is 0. The average Bonchev–Trinajstić information content (AvgIpc) is 3.31. The van der Waals surface area contributed by atoms with E-state index < -0.39 is 0 Å². The molecule has 0 heterocycles. The minimum Gasteiger partial charge on any atom is -0.466 e. The van der Waals surface area contributed by atoms with Gasteiger partial charge in [0, 0.05) is 0 Å². The minimum absolute atomic E-state index is 0.0152. The Labute approximate surface area is 132 Å². The number of ether oxygens (including phenoxy) is 2. The van der Waals surface area contributed by atoms with Crippen molar-refractivity contribution in [1.82, 2.24) is 0 Å². The number of hydrogen-bond acceptors (Lipinski definition) is 4. The minimum atomic E-state index is -0.0314.